The molecule has 0 aliphatic carbocycles. The highest BCUT2D eigenvalue weighted by atomic mass is 16.7. The van der Waals surface area contributed by atoms with Crippen LogP contribution in [-0.2, 0) is 15.0 Å². The van der Waals surface area contributed by atoms with Crippen molar-refractivity contribution in [1.29, 1.82) is 5.26 Å². The number of rotatable bonds is 9. The molecule has 0 spiro atoms. The number of unbranched alkanes of at least 4 members (excludes halogenated alkanes) is 2. The van der Waals surface area contributed by atoms with E-state index in [4.69, 9.17) is 4.84 Å². The van der Waals surface area contributed by atoms with Crippen molar-refractivity contribution in [1.82, 2.24) is 10.5 Å². The second-order valence-corrected chi connectivity index (χ2v) is 7.44. The molecule has 2 aromatic carbocycles. The Hall–Kier alpha value is -3.98. The summed E-state index contributed by atoms with van der Waals surface area (Å²) in [5, 5.41) is 10.1. The predicted molar refractivity (Wildman–Crippen MR) is 120 cm³/mol. The van der Waals surface area contributed by atoms with Crippen molar-refractivity contribution >= 4 is 11.9 Å². The first kappa shape index (κ1) is 22.7. The molecule has 1 aromatic heterocycles. The number of amides is 1. The lowest BCUT2D eigenvalue weighted by molar-refractivity contribution is -0.130. The fourth-order valence-electron chi connectivity index (χ4n) is 3.58. The first-order chi connectivity index (χ1) is 15.7. The van der Waals surface area contributed by atoms with Gasteiger partial charge in [0, 0.05) is 12.6 Å². The zero-order valence-electron chi connectivity index (χ0n) is 17.7. The average Bonchev–Trinajstić information content (AvgIpc) is 2.86. The van der Waals surface area contributed by atoms with Gasteiger partial charge in [-0.05, 0) is 42.7 Å². The molecule has 0 aliphatic rings. The maximum atomic E-state index is 12.0. The number of aromatic nitrogens is 1. The Morgan fingerprint density at radius 3 is 2.25 bits per heavy atom. The van der Waals surface area contributed by atoms with Crippen LogP contribution in [-0.4, -0.2) is 16.9 Å². The maximum Gasteiger partial charge on any atom is 0.362 e. The van der Waals surface area contributed by atoms with Crippen LogP contribution in [0.5, 0.6) is 0 Å². The molecule has 1 heterocycles. The Morgan fingerprint density at radius 2 is 1.59 bits per heavy atom. The summed E-state index contributed by atoms with van der Waals surface area (Å²) < 4.78 is 0. The minimum absolute atomic E-state index is 0.233. The van der Waals surface area contributed by atoms with Crippen molar-refractivity contribution in [3.8, 4) is 6.07 Å². The van der Waals surface area contributed by atoms with E-state index < -0.39 is 11.4 Å². The lowest BCUT2D eigenvalue weighted by Gasteiger charge is -2.26. The monoisotopic (exact) mass is 427 g/mol. The van der Waals surface area contributed by atoms with Gasteiger partial charge in [-0.3, -0.25) is 9.78 Å². The average molecular weight is 428 g/mol. The van der Waals surface area contributed by atoms with Gasteiger partial charge in [0.1, 0.15) is 5.41 Å². The molecule has 6 heteroatoms. The van der Waals surface area contributed by atoms with Crippen molar-refractivity contribution in [3.05, 3.63) is 102 Å². The van der Waals surface area contributed by atoms with Crippen molar-refractivity contribution < 1.29 is 14.4 Å². The van der Waals surface area contributed by atoms with Crippen LogP contribution >= 0.6 is 0 Å². The summed E-state index contributed by atoms with van der Waals surface area (Å²) in [5.41, 5.74) is 3.36. The zero-order chi connectivity index (χ0) is 22.7. The second-order valence-electron chi connectivity index (χ2n) is 7.44. The van der Waals surface area contributed by atoms with Gasteiger partial charge in [0.05, 0.1) is 17.3 Å². The number of hydroxylamine groups is 1. The van der Waals surface area contributed by atoms with Gasteiger partial charge in [-0.25, -0.2) is 4.79 Å². The van der Waals surface area contributed by atoms with Crippen LogP contribution in [0.4, 0.5) is 0 Å². The normalized spacial score (nSPS) is 12.2. The highest BCUT2D eigenvalue weighted by Gasteiger charge is 2.35. The number of hydrogen-bond donors (Lipinski definition) is 1. The van der Waals surface area contributed by atoms with Gasteiger partial charge in [0.15, 0.2) is 0 Å². The number of pyridine rings is 1. The SMILES string of the molecule is N#CC(CCCCCC(=O)NOC(=O)c1ccccc1)(c1ccccc1)c1ccccn1. The Morgan fingerprint density at radius 1 is 0.906 bits per heavy atom. The first-order valence-corrected chi connectivity index (χ1v) is 10.6. The zero-order valence-corrected chi connectivity index (χ0v) is 17.7. The quantitative estimate of drug-likeness (QED) is 0.394. The lowest BCUT2D eigenvalue weighted by atomic mass is 9.74. The molecule has 0 saturated heterocycles. The van der Waals surface area contributed by atoms with E-state index in [1.165, 1.54) is 0 Å². The van der Waals surface area contributed by atoms with Crippen LogP contribution < -0.4 is 5.48 Å². The Balaban J connectivity index is 1.50. The third-order valence-electron chi connectivity index (χ3n) is 5.28. The highest BCUT2D eigenvalue weighted by molar-refractivity contribution is 5.90. The largest absolute Gasteiger partial charge is 0.362 e. The fourth-order valence-corrected chi connectivity index (χ4v) is 3.58. The molecular weight excluding hydrogens is 402 g/mol. The lowest BCUT2D eigenvalue weighted by Crippen LogP contribution is -2.27. The molecule has 0 saturated carbocycles. The third kappa shape index (κ3) is 5.79. The standard InChI is InChI=1S/C26H25N3O3/c27-20-26(22-14-6-2-7-15-22,23-16-9-11-19-28-23)18-10-3-8-17-24(30)29-32-25(31)21-12-4-1-5-13-21/h1-2,4-7,9,11-16,19H,3,8,10,17-18H2,(H,29,30). The second kappa shape index (κ2) is 11.4. The molecular formula is C26H25N3O3. The van der Waals surface area contributed by atoms with E-state index in [1.807, 2.05) is 48.5 Å². The summed E-state index contributed by atoms with van der Waals surface area (Å²) in [6, 6.07) is 26.2. The molecule has 1 unspecified atom stereocenters. The Kier molecular flexibility index (Phi) is 8.10. The summed E-state index contributed by atoms with van der Waals surface area (Å²) in [6.07, 6.45) is 4.64. The number of carbonyl (C=O) groups excluding carboxylic acids is 2. The van der Waals surface area contributed by atoms with Gasteiger partial charge in [-0.1, -0.05) is 67.4 Å². The minimum atomic E-state index is -0.837. The van der Waals surface area contributed by atoms with E-state index in [0.717, 1.165) is 24.1 Å². The van der Waals surface area contributed by atoms with Crippen LogP contribution in [0.3, 0.4) is 0 Å². The number of benzene rings is 2. The van der Waals surface area contributed by atoms with Crippen molar-refractivity contribution in [3.63, 3.8) is 0 Å². The van der Waals surface area contributed by atoms with E-state index in [1.54, 1.807) is 36.5 Å². The minimum Gasteiger partial charge on any atom is -0.335 e. The van der Waals surface area contributed by atoms with Gasteiger partial charge in [0.2, 0.25) is 0 Å². The molecule has 0 radical (unpaired) electrons. The molecule has 3 aromatic rings. The number of hydrogen-bond acceptors (Lipinski definition) is 5. The molecule has 162 valence electrons. The summed E-state index contributed by atoms with van der Waals surface area (Å²) in [6.45, 7) is 0. The summed E-state index contributed by atoms with van der Waals surface area (Å²) >= 11 is 0. The van der Waals surface area contributed by atoms with E-state index in [2.05, 4.69) is 16.5 Å². The predicted octanol–water partition coefficient (Wildman–Crippen LogP) is 4.73. The molecule has 0 fully saturated rings. The Labute approximate surface area is 187 Å². The van der Waals surface area contributed by atoms with E-state index >= 15 is 0 Å². The molecule has 32 heavy (non-hydrogen) atoms. The molecule has 1 N–H and O–H groups in total. The van der Waals surface area contributed by atoms with Crippen molar-refractivity contribution in [2.24, 2.45) is 0 Å². The fraction of sp³-hybridized carbons (Fsp3) is 0.231. The van der Waals surface area contributed by atoms with E-state index in [9.17, 15) is 14.9 Å². The number of carbonyl (C=O) groups is 2. The summed E-state index contributed by atoms with van der Waals surface area (Å²) in [7, 11) is 0. The van der Waals surface area contributed by atoms with Gasteiger partial charge in [-0.2, -0.15) is 10.7 Å². The van der Waals surface area contributed by atoms with Crippen LogP contribution in [0.15, 0.2) is 85.1 Å². The van der Waals surface area contributed by atoms with Crippen molar-refractivity contribution in [2.45, 2.75) is 37.5 Å². The number of nitrogens with one attached hydrogen (secondary N) is 1. The molecule has 0 bridgehead atoms. The number of nitriles is 1. The van der Waals surface area contributed by atoms with Crippen LogP contribution in [0.1, 0.15) is 53.7 Å². The molecule has 6 nitrogen and oxygen atoms in total. The van der Waals surface area contributed by atoms with Gasteiger partial charge in [0.25, 0.3) is 5.91 Å². The van der Waals surface area contributed by atoms with E-state index in [-0.39, 0.29) is 12.3 Å². The van der Waals surface area contributed by atoms with Crippen LogP contribution in [0, 0.1) is 11.3 Å². The number of nitrogens with zero attached hydrogens (tertiary/aromatic N) is 2. The van der Waals surface area contributed by atoms with Crippen molar-refractivity contribution in [2.75, 3.05) is 0 Å². The van der Waals surface area contributed by atoms with Crippen LogP contribution in [0.25, 0.3) is 0 Å². The maximum absolute atomic E-state index is 12.0. The molecule has 3 rings (SSSR count). The summed E-state index contributed by atoms with van der Waals surface area (Å²) in [5.74, 6) is -0.954. The third-order valence-corrected chi connectivity index (χ3v) is 5.28. The smallest absolute Gasteiger partial charge is 0.335 e. The first-order valence-electron chi connectivity index (χ1n) is 10.6. The summed E-state index contributed by atoms with van der Waals surface area (Å²) in [4.78, 5) is 33.2. The van der Waals surface area contributed by atoms with Gasteiger partial charge >= 0.3 is 5.97 Å². The molecule has 1 amide bonds. The van der Waals surface area contributed by atoms with Gasteiger partial charge in [-0.15, -0.1) is 0 Å². The topological polar surface area (TPSA) is 92.1 Å². The van der Waals surface area contributed by atoms with Crippen LogP contribution in [0.2, 0.25) is 0 Å². The highest BCUT2D eigenvalue weighted by Crippen LogP contribution is 2.35. The molecule has 1 atom stereocenters. The van der Waals surface area contributed by atoms with E-state index in [0.29, 0.717) is 18.4 Å². The molecule has 0 aliphatic heterocycles. The van der Waals surface area contributed by atoms with Gasteiger partial charge < -0.3 is 4.84 Å². The Bertz CT molecular complexity index is 1010.